The van der Waals surface area contributed by atoms with Crippen molar-refractivity contribution in [2.45, 2.75) is 13.0 Å². The molecule has 2 aromatic rings. The minimum Gasteiger partial charge on any atom is -0.379 e. The van der Waals surface area contributed by atoms with Gasteiger partial charge in [0.25, 0.3) is 5.69 Å². The van der Waals surface area contributed by atoms with Gasteiger partial charge in [-0.2, -0.15) is 0 Å². The molecule has 7 heteroatoms. The van der Waals surface area contributed by atoms with Gasteiger partial charge >= 0.3 is 0 Å². The maximum atomic E-state index is 13.0. The lowest BCUT2D eigenvalue weighted by Crippen LogP contribution is -2.43. The number of hydrogen-bond donors (Lipinski definition) is 1. The lowest BCUT2D eigenvalue weighted by atomic mass is 10.0. The number of nitro groups is 1. The molecule has 0 aromatic heterocycles. The summed E-state index contributed by atoms with van der Waals surface area (Å²) in [4.78, 5) is 25.7. The second-order valence-electron chi connectivity index (χ2n) is 6.26. The van der Waals surface area contributed by atoms with Crippen LogP contribution in [0.5, 0.6) is 0 Å². The largest absolute Gasteiger partial charge is 0.379 e. The minimum atomic E-state index is -0.611. The van der Waals surface area contributed by atoms with Gasteiger partial charge in [0.05, 0.1) is 18.1 Å². The average Bonchev–Trinajstić information content (AvgIpc) is 2.65. The number of nitro benzene ring substituents is 1. The first-order chi connectivity index (χ1) is 12.5. The van der Waals surface area contributed by atoms with Gasteiger partial charge < -0.3 is 10.1 Å². The molecule has 0 unspecified atom stereocenters. The Balaban J connectivity index is 1.89. The molecule has 0 bridgehead atoms. The summed E-state index contributed by atoms with van der Waals surface area (Å²) in [5.74, 6) is -0.212. The quantitative estimate of drug-likeness (QED) is 0.658. The number of nitrogens with zero attached hydrogens (tertiary/aromatic N) is 2. The Morgan fingerprint density at radius 1 is 1.19 bits per heavy atom. The van der Waals surface area contributed by atoms with E-state index in [1.807, 2.05) is 36.1 Å². The molecule has 1 saturated heterocycles. The second kappa shape index (κ2) is 8.07. The average molecular weight is 355 g/mol. The van der Waals surface area contributed by atoms with E-state index in [9.17, 15) is 14.9 Å². The molecular weight excluding hydrogens is 334 g/mol. The molecule has 0 radical (unpaired) electrons. The summed E-state index contributed by atoms with van der Waals surface area (Å²) in [7, 11) is 0. The van der Waals surface area contributed by atoms with E-state index < -0.39 is 11.0 Å². The monoisotopic (exact) mass is 355 g/mol. The fourth-order valence-corrected chi connectivity index (χ4v) is 3.02. The van der Waals surface area contributed by atoms with Crippen molar-refractivity contribution < 1.29 is 14.5 Å². The summed E-state index contributed by atoms with van der Waals surface area (Å²) in [6.07, 6.45) is 0. The van der Waals surface area contributed by atoms with Gasteiger partial charge in [-0.3, -0.25) is 19.8 Å². The van der Waals surface area contributed by atoms with Crippen LogP contribution >= 0.6 is 0 Å². The Hall–Kier alpha value is -2.77. The van der Waals surface area contributed by atoms with Crippen molar-refractivity contribution in [1.82, 2.24) is 4.90 Å². The normalized spacial score (nSPS) is 16.0. The zero-order chi connectivity index (χ0) is 18.5. The Bertz CT molecular complexity index is 786. The number of morpholine rings is 1. The smallest absolute Gasteiger partial charge is 0.269 e. The predicted octanol–water partition coefficient (Wildman–Crippen LogP) is 2.92. The molecule has 0 saturated carbocycles. The number of anilines is 1. The van der Waals surface area contributed by atoms with Crippen molar-refractivity contribution >= 4 is 17.3 Å². The van der Waals surface area contributed by atoms with Crippen LogP contribution in [0, 0.1) is 17.0 Å². The van der Waals surface area contributed by atoms with Crippen molar-refractivity contribution in [3.63, 3.8) is 0 Å². The number of ether oxygens (including phenoxy) is 1. The second-order valence-corrected chi connectivity index (χ2v) is 6.26. The number of aryl methyl sites for hydroxylation is 1. The molecule has 1 N–H and O–H groups in total. The highest BCUT2D eigenvalue weighted by Crippen LogP contribution is 2.27. The van der Waals surface area contributed by atoms with Crippen LogP contribution in [-0.4, -0.2) is 42.0 Å². The summed E-state index contributed by atoms with van der Waals surface area (Å²) in [6, 6.07) is 13.2. The van der Waals surface area contributed by atoms with E-state index in [4.69, 9.17) is 4.74 Å². The van der Waals surface area contributed by atoms with Crippen molar-refractivity contribution in [3.8, 4) is 0 Å². The SMILES string of the molecule is Cc1ccc(NC(=O)[C@H](c2cccc([N+](=O)[O-])c2)N2CCOCC2)cc1. The molecule has 1 aliphatic heterocycles. The van der Waals surface area contributed by atoms with E-state index in [0.717, 1.165) is 5.56 Å². The van der Waals surface area contributed by atoms with E-state index in [0.29, 0.717) is 37.6 Å². The minimum absolute atomic E-state index is 0.0242. The highest BCUT2D eigenvalue weighted by atomic mass is 16.6. The van der Waals surface area contributed by atoms with Crippen LogP contribution in [0.25, 0.3) is 0 Å². The third-order valence-corrected chi connectivity index (χ3v) is 4.38. The van der Waals surface area contributed by atoms with Gasteiger partial charge in [-0.15, -0.1) is 0 Å². The van der Waals surface area contributed by atoms with Crippen LogP contribution in [-0.2, 0) is 9.53 Å². The van der Waals surface area contributed by atoms with Gasteiger partial charge in [0.15, 0.2) is 0 Å². The Morgan fingerprint density at radius 3 is 2.54 bits per heavy atom. The van der Waals surface area contributed by atoms with E-state index >= 15 is 0 Å². The molecule has 26 heavy (non-hydrogen) atoms. The van der Waals surface area contributed by atoms with Crippen LogP contribution < -0.4 is 5.32 Å². The molecule has 0 spiro atoms. The van der Waals surface area contributed by atoms with E-state index in [2.05, 4.69) is 5.32 Å². The fourth-order valence-electron chi connectivity index (χ4n) is 3.02. The molecular formula is C19H21N3O4. The topological polar surface area (TPSA) is 84.7 Å². The number of carbonyl (C=O) groups excluding carboxylic acids is 1. The summed E-state index contributed by atoms with van der Waals surface area (Å²) in [5.41, 5.74) is 2.38. The molecule has 1 heterocycles. The lowest BCUT2D eigenvalue weighted by molar-refractivity contribution is -0.384. The fraction of sp³-hybridized carbons (Fsp3) is 0.316. The third-order valence-electron chi connectivity index (χ3n) is 4.38. The number of hydrogen-bond acceptors (Lipinski definition) is 5. The van der Waals surface area contributed by atoms with Crippen LogP contribution in [0.3, 0.4) is 0 Å². The summed E-state index contributed by atoms with van der Waals surface area (Å²) in [6.45, 7) is 4.22. The number of rotatable bonds is 5. The molecule has 0 aliphatic carbocycles. The van der Waals surface area contributed by atoms with Gasteiger partial charge in [-0.1, -0.05) is 29.8 Å². The maximum absolute atomic E-state index is 13.0. The van der Waals surface area contributed by atoms with E-state index in [1.54, 1.807) is 12.1 Å². The molecule has 136 valence electrons. The van der Waals surface area contributed by atoms with Gasteiger partial charge in [0.2, 0.25) is 5.91 Å². The summed E-state index contributed by atoms with van der Waals surface area (Å²) >= 11 is 0. The standard InChI is InChI=1S/C19H21N3O4/c1-14-5-7-16(8-6-14)20-19(23)18(21-9-11-26-12-10-21)15-3-2-4-17(13-15)22(24)25/h2-8,13,18H,9-12H2,1H3,(H,20,23)/t18-/m0/s1. The Labute approximate surface area is 151 Å². The van der Waals surface area contributed by atoms with Crippen molar-refractivity contribution in [2.75, 3.05) is 31.6 Å². The van der Waals surface area contributed by atoms with E-state index in [-0.39, 0.29) is 11.6 Å². The molecule has 7 nitrogen and oxygen atoms in total. The van der Waals surface area contributed by atoms with Gasteiger partial charge in [-0.25, -0.2) is 0 Å². The van der Waals surface area contributed by atoms with E-state index in [1.165, 1.54) is 12.1 Å². The first kappa shape index (κ1) is 18.0. The zero-order valence-electron chi connectivity index (χ0n) is 14.6. The first-order valence-corrected chi connectivity index (χ1v) is 8.48. The van der Waals surface area contributed by atoms with Gasteiger partial charge in [0, 0.05) is 30.9 Å². The molecule has 3 rings (SSSR count). The number of non-ortho nitro benzene ring substituents is 1. The first-order valence-electron chi connectivity index (χ1n) is 8.48. The number of benzene rings is 2. The van der Waals surface area contributed by atoms with Crippen LogP contribution in [0.15, 0.2) is 48.5 Å². The highest BCUT2D eigenvalue weighted by Gasteiger charge is 2.30. The number of carbonyl (C=O) groups is 1. The van der Waals surface area contributed by atoms with Crippen molar-refractivity contribution in [1.29, 1.82) is 0 Å². The highest BCUT2D eigenvalue weighted by molar-refractivity contribution is 5.95. The Morgan fingerprint density at radius 2 is 1.88 bits per heavy atom. The van der Waals surface area contributed by atoms with Gasteiger partial charge in [-0.05, 0) is 24.6 Å². The molecule has 1 aliphatic rings. The molecule has 1 fully saturated rings. The van der Waals surface area contributed by atoms with Crippen LogP contribution in [0.1, 0.15) is 17.2 Å². The molecule has 1 atom stereocenters. The van der Waals surface area contributed by atoms with Gasteiger partial charge in [0.1, 0.15) is 6.04 Å². The van der Waals surface area contributed by atoms with Crippen LogP contribution in [0.2, 0.25) is 0 Å². The number of nitrogens with one attached hydrogen (secondary N) is 1. The van der Waals surface area contributed by atoms with Crippen molar-refractivity contribution in [2.24, 2.45) is 0 Å². The summed E-state index contributed by atoms with van der Waals surface area (Å²) < 4.78 is 5.38. The zero-order valence-corrected chi connectivity index (χ0v) is 14.6. The molecule has 2 aromatic carbocycles. The lowest BCUT2D eigenvalue weighted by Gasteiger charge is -2.33. The predicted molar refractivity (Wildman–Crippen MR) is 98.0 cm³/mol. The number of amides is 1. The Kier molecular flexibility index (Phi) is 5.60. The third kappa shape index (κ3) is 4.25. The van der Waals surface area contributed by atoms with Crippen LogP contribution in [0.4, 0.5) is 11.4 Å². The summed E-state index contributed by atoms with van der Waals surface area (Å²) in [5, 5.41) is 14.0. The molecule has 1 amide bonds. The van der Waals surface area contributed by atoms with Crippen molar-refractivity contribution in [3.05, 3.63) is 69.8 Å². The maximum Gasteiger partial charge on any atom is 0.269 e.